The quantitative estimate of drug-likeness (QED) is 0.555. The Morgan fingerprint density at radius 3 is 2.60 bits per heavy atom. The molecular formula is C21H25N3O. The standard InChI is InChI=1S/C21H25N3O/c1-2-3-4-5-6-7-14-24-20-17(10-9-13-23-20)15-19(21(24)25)18-11-8-12-22-16-18/h8-13,15-16H,2-7,14H2,1H3. The van der Waals surface area contributed by atoms with E-state index in [0.717, 1.165) is 29.4 Å². The summed E-state index contributed by atoms with van der Waals surface area (Å²) in [6.45, 7) is 2.94. The molecule has 3 aromatic heterocycles. The Bertz CT molecular complexity index is 871. The van der Waals surface area contributed by atoms with E-state index in [1.165, 1.54) is 25.7 Å². The first-order chi connectivity index (χ1) is 12.3. The number of fused-ring (bicyclic) bond motifs is 1. The molecule has 0 saturated carbocycles. The van der Waals surface area contributed by atoms with Crippen LogP contribution in [0.4, 0.5) is 0 Å². The van der Waals surface area contributed by atoms with E-state index in [2.05, 4.69) is 16.9 Å². The van der Waals surface area contributed by atoms with Gasteiger partial charge in [-0.3, -0.25) is 14.3 Å². The largest absolute Gasteiger partial charge is 0.292 e. The van der Waals surface area contributed by atoms with Crippen LogP contribution in [0.3, 0.4) is 0 Å². The van der Waals surface area contributed by atoms with Crippen molar-refractivity contribution in [3.8, 4) is 11.1 Å². The van der Waals surface area contributed by atoms with E-state index in [4.69, 9.17) is 0 Å². The van der Waals surface area contributed by atoms with E-state index in [0.29, 0.717) is 12.1 Å². The van der Waals surface area contributed by atoms with Crippen molar-refractivity contribution in [1.29, 1.82) is 0 Å². The molecule has 0 unspecified atom stereocenters. The third-order valence-corrected chi connectivity index (χ3v) is 4.56. The fourth-order valence-corrected chi connectivity index (χ4v) is 3.19. The highest BCUT2D eigenvalue weighted by molar-refractivity contribution is 5.81. The van der Waals surface area contributed by atoms with Gasteiger partial charge in [-0.25, -0.2) is 4.98 Å². The number of hydrogen-bond donors (Lipinski definition) is 0. The van der Waals surface area contributed by atoms with Gasteiger partial charge in [-0.05, 0) is 30.7 Å². The molecule has 3 rings (SSSR count). The number of rotatable bonds is 8. The molecule has 4 nitrogen and oxygen atoms in total. The van der Waals surface area contributed by atoms with Gasteiger partial charge >= 0.3 is 0 Å². The van der Waals surface area contributed by atoms with E-state index in [-0.39, 0.29) is 5.56 Å². The molecule has 0 spiro atoms. The van der Waals surface area contributed by atoms with E-state index >= 15 is 0 Å². The Morgan fingerprint density at radius 1 is 1.00 bits per heavy atom. The number of aryl methyl sites for hydroxylation is 1. The lowest BCUT2D eigenvalue weighted by atomic mass is 10.1. The summed E-state index contributed by atoms with van der Waals surface area (Å²) in [5, 5.41) is 0.993. The van der Waals surface area contributed by atoms with Crippen molar-refractivity contribution in [3.05, 3.63) is 59.3 Å². The third kappa shape index (κ3) is 4.13. The highest BCUT2D eigenvalue weighted by Gasteiger charge is 2.11. The minimum atomic E-state index is 0.0211. The summed E-state index contributed by atoms with van der Waals surface area (Å²) >= 11 is 0. The zero-order valence-corrected chi connectivity index (χ0v) is 14.8. The normalized spacial score (nSPS) is 11.1. The first-order valence-corrected chi connectivity index (χ1v) is 9.20. The first kappa shape index (κ1) is 17.3. The number of pyridine rings is 3. The molecule has 0 aromatic carbocycles. The van der Waals surface area contributed by atoms with Gasteiger partial charge in [0.05, 0.1) is 0 Å². The summed E-state index contributed by atoms with van der Waals surface area (Å²) < 4.78 is 1.83. The first-order valence-electron chi connectivity index (χ1n) is 9.20. The maximum absolute atomic E-state index is 13.0. The molecule has 0 bridgehead atoms. The Balaban J connectivity index is 1.90. The summed E-state index contributed by atoms with van der Waals surface area (Å²) in [5.41, 5.74) is 2.34. The van der Waals surface area contributed by atoms with Crippen molar-refractivity contribution in [2.45, 2.75) is 52.0 Å². The summed E-state index contributed by atoms with van der Waals surface area (Å²) in [7, 11) is 0. The van der Waals surface area contributed by atoms with Crippen LogP contribution in [0.5, 0.6) is 0 Å². The fraction of sp³-hybridized carbons (Fsp3) is 0.381. The van der Waals surface area contributed by atoms with Crippen molar-refractivity contribution < 1.29 is 0 Å². The van der Waals surface area contributed by atoms with E-state index in [1.807, 2.05) is 34.9 Å². The van der Waals surface area contributed by atoms with Gasteiger partial charge < -0.3 is 0 Å². The van der Waals surface area contributed by atoms with Crippen LogP contribution in [0.2, 0.25) is 0 Å². The van der Waals surface area contributed by atoms with Crippen LogP contribution >= 0.6 is 0 Å². The Labute approximate surface area is 148 Å². The number of hydrogen-bond acceptors (Lipinski definition) is 3. The summed E-state index contributed by atoms with van der Waals surface area (Å²) in [5.74, 6) is 0. The molecule has 0 N–H and O–H groups in total. The molecule has 0 saturated heterocycles. The predicted molar refractivity (Wildman–Crippen MR) is 103 cm³/mol. The second kappa shape index (κ2) is 8.56. The number of unbranched alkanes of at least 4 members (excludes halogenated alkanes) is 5. The van der Waals surface area contributed by atoms with Crippen molar-refractivity contribution in [3.63, 3.8) is 0 Å². The average molecular weight is 335 g/mol. The molecule has 3 heterocycles. The molecule has 0 aliphatic heterocycles. The average Bonchev–Trinajstić information content (AvgIpc) is 2.66. The topological polar surface area (TPSA) is 47.8 Å². The second-order valence-electron chi connectivity index (χ2n) is 6.44. The van der Waals surface area contributed by atoms with Gasteiger partial charge in [-0.1, -0.05) is 45.1 Å². The molecule has 0 amide bonds. The van der Waals surface area contributed by atoms with Crippen molar-refractivity contribution in [2.75, 3.05) is 0 Å². The van der Waals surface area contributed by atoms with Crippen LogP contribution in [-0.4, -0.2) is 14.5 Å². The SMILES string of the molecule is CCCCCCCCn1c(=O)c(-c2cccnc2)cc2cccnc21. The van der Waals surface area contributed by atoms with Gasteiger partial charge in [-0.15, -0.1) is 0 Å². The molecule has 3 aromatic rings. The van der Waals surface area contributed by atoms with Gasteiger partial charge in [0.1, 0.15) is 5.65 Å². The fourth-order valence-electron chi connectivity index (χ4n) is 3.19. The molecule has 0 aliphatic carbocycles. The van der Waals surface area contributed by atoms with Gasteiger partial charge in [-0.2, -0.15) is 0 Å². The third-order valence-electron chi connectivity index (χ3n) is 4.56. The molecule has 0 radical (unpaired) electrons. The van der Waals surface area contributed by atoms with Crippen molar-refractivity contribution in [2.24, 2.45) is 0 Å². The smallest absolute Gasteiger partial charge is 0.260 e. The molecule has 0 fully saturated rings. The van der Waals surface area contributed by atoms with E-state index < -0.39 is 0 Å². The van der Waals surface area contributed by atoms with Crippen LogP contribution in [0, 0.1) is 0 Å². The number of aromatic nitrogens is 3. The number of nitrogens with zero attached hydrogens (tertiary/aromatic N) is 3. The van der Waals surface area contributed by atoms with Crippen molar-refractivity contribution >= 4 is 11.0 Å². The minimum Gasteiger partial charge on any atom is -0.292 e. The van der Waals surface area contributed by atoms with Crippen molar-refractivity contribution in [1.82, 2.24) is 14.5 Å². The van der Waals surface area contributed by atoms with E-state index in [1.54, 1.807) is 18.6 Å². The molecule has 0 aliphatic rings. The van der Waals surface area contributed by atoms with Crippen LogP contribution in [-0.2, 0) is 6.54 Å². The highest BCUT2D eigenvalue weighted by Crippen LogP contribution is 2.19. The highest BCUT2D eigenvalue weighted by atomic mass is 16.1. The van der Waals surface area contributed by atoms with Crippen LogP contribution in [0.25, 0.3) is 22.2 Å². The maximum Gasteiger partial charge on any atom is 0.260 e. The molecule has 0 atom stereocenters. The predicted octanol–water partition coefficient (Wildman–Crippen LogP) is 4.82. The molecular weight excluding hydrogens is 310 g/mol. The lowest BCUT2D eigenvalue weighted by Gasteiger charge is -2.12. The summed E-state index contributed by atoms with van der Waals surface area (Å²) in [6.07, 6.45) is 12.4. The Hall–Kier alpha value is -2.49. The second-order valence-corrected chi connectivity index (χ2v) is 6.44. The molecule has 25 heavy (non-hydrogen) atoms. The zero-order valence-electron chi connectivity index (χ0n) is 14.8. The summed E-state index contributed by atoms with van der Waals surface area (Å²) in [4.78, 5) is 21.6. The van der Waals surface area contributed by atoms with E-state index in [9.17, 15) is 4.79 Å². The Morgan fingerprint density at radius 2 is 1.80 bits per heavy atom. The van der Waals surface area contributed by atoms with Crippen LogP contribution in [0.1, 0.15) is 45.4 Å². The van der Waals surface area contributed by atoms with Crippen LogP contribution < -0.4 is 5.56 Å². The lowest BCUT2D eigenvalue weighted by Crippen LogP contribution is -2.23. The van der Waals surface area contributed by atoms with Gasteiger partial charge in [0, 0.05) is 41.6 Å². The summed E-state index contributed by atoms with van der Waals surface area (Å²) in [6, 6.07) is 9.65. The van der Waals surface area contributed by atoms with Gasteiger partial charge in [0.25, 0.3) is 5.56 Å². The Kier molecular flexibility index (Phi) is 5.94. The zero-order chi connectivity index (χ0) is 17.5. The maximum atomic E-state index is 13.0. The molecule has 4 heteroatoms. The van der Waals surface area contributed by atoms with Gasteiger partial charge in [0.2, 0.25) is 0 Å². The minimum absolute atomic E-state index is 0.0211. The van der Waals surface area contributed by atoms with Gasteiger partial charge in [0.15, 0.2) is 0 Å². The lowest BCUT2D eigenvalue weighted by molar-refractivity contribution is 0.557. The molecule has 130 valence electrons. The van der Waals surface area contributed by atoms with Crippen LogP contribution in [0.15, 0.2) is 53.7 Å². The monoisotopic (exact) mass is 335 g/mol.